The van der Waals surface area contributed by atoms with Gasteiger partial charge >= 0.3 is 0 Å². The van der Waals surface area contributed by atoms with Gasteiger partial charge in [-0.15, -0.1) is 0 Å². The minimum atomic E-state index is -0.260. The Balaban J connectivity index is 1.24. The van der Waals surface area contributed by atoms with Gasteiger partial charge in [-0.2, -0.15) is 0 Å². The summed E-state index contributed by atoms with van der Waals surface area (Å²) in [5.74, 6) is 0.885. The van der Waals surface area contributed by atoms with Gasteiger partial charge in [0.15, 0.2) is 5.79 Å². The van der Waals surface area contributed by atoms with Crippen molar-refractivity contribution in [3.63, 3.8) is 0 Å². The summed E-state index contributed by atoms with van der Waals surface area (Å²) in [5.41, 5.74) is 1.31. The van der Waals surface area contributed by atoms with E-state index in [0.717, 1.165) is 64.2 Å². The fraction of sp³-hybridized carbons (Fsp3) is 0.550. The second-order valence-electron chi connectivity index (χ2n) is 7.04. The molecule has 5 heteroatoms. The monoisotopic (exact) mass is 341 g/mol. The molecule has 5 nitrogen and oxygen atoms in total. The molecule has 0 unspecified atom stereocenters. The molecule has 4 rings (SSSR count). The highest BCUT2D eigenvalue weighted by atomic mass is 16.7. The Morgan fingerprint density at radius 3 is 2.64 bits per heavy atom. The van der Waals surface area contributed by atoms with Crippen molar-refractivity contribution in [2.75, 3.05) is 19.8 Å². The zero-order valence-corrected chi connectivity index (χ0v) is 14.7. The summed E-state index contributed by atoms with van der Waals surface area (Å²) in [6, 6.07) is 11.1. The number of nitrogens with one attached hydrogen (secondary N) is 1. The normalized spacial score (nSPS) is 20.3. The van der Waals surface area contributed by atoms with Gasteiger partial charge in [-0.1, -0.05) is 30.3 Å². The molecule has 1 N–H and O–H groups in total. The average molecular weight is 341 g/mol. The SMILES string of the molecule is c1ccc(Cn2ccnc2CCNC2CCC3(CC2)OCCO3)cc1. The Labute approximate surface area is 149 Å². The summed E-state index contributed by atoms with van der Waals surface area (Å²) in [7, 11) is 0. The number of hydrogen-bond donors (Lipinski definition) is 1. The highest BCUT2D eigenvalue weighted by molar-refractivity contribution is 5.15. The molecule has 2 heterocycles. The smallest absolute Gasteiger partial charge is 0.168 e. The van der Waals surface area contributed by atoms with Crippen LogP contribution in [0.1, 0.15) is 37.1 Å². The number of hydrogen-bond acceptors (Lipinski definition) is 4. The molecule has 1 saturated heterocycles. The Morgan fingerprint density at radius 1 is 1.12 bits per heavy atom. The molecule has 1 aliphatic heterocycles. The zero-order valence-electron chi connectivity index (χ0n) is 14.7. The predicted molar refractivity (Wildman–Crippen MR) is 96.4 cm³/mol. The first-order chi connectivity index (χ1) is 12.3. The van der Waals surface area contributed by atoms with Gasteiger partial charge in [-0.05, 0) is 18.4 Å². The molecule has 1 aromatic heterocycles. The van der Waals surface area contributed by atoms with E-state index in [1.165, 1.54) is 5.56 Å². The Bertz CT molecular complexity index is 655. The van der Waals surface area contributed by atoms with Crippen LogP contribution < -0.4 is 5.32 Å². The van der Waals surface area contributed by atoms with Crippen LogP contribution in [-0.2, 0) is 22.4 Å². The van der Waals surface area contributed by atoms with Crippen LogP contribution in [0.3, 0.4) is 0 Å². The summed E-state index contributed by atoms with van der Waals surface area (Å²) < 4.78 is 13.8. The molecule has 0 radical (unpaired) electrons. The summed E-state index contributed by atoms with van der Waals surface area (Å²) in [6.07, 6.45) is 9.19. The molecule has 2 fully saturated rings. The molecular weight excluding hydrogens is 314 g/mol. The van der Waals surface area contributed by atoms with Crippen molar-refractivity contribution >= 4 is 0 Å². The summed E-state index contributed by atoms with van der Waals surface area (Å²) in [5, 5.41) is 3.69. The topological polar surface area (TPSA) is 48.3 Å². The second-order valence-corrected chi connectivity index (χ2v) is 7.04. The van der Waals surface area contributed by atoms with Crippen molar-refractivity contribution in [1.29, 1.82) is 0 Å². The van der Waals surface area contributed by atoms with Crippen LogP contribution in [0.4, 0.5) is 0 Å². The van der Waals surface area contributed by atoms with Gasteiger partial charge in [-0.3, -0.25) is 0 Å². The molecule has 2 aliphatic rings. The molecule has 1 spiro atoms. The molecule has 1 saturated carbocycles. The third-order valence-corrected chi connectivity index (χ3v) is 5.34. The van der Waals surface area contributed by atoms with Crippen LogP contribution >= 0.6 is 0 Å². The first-order valence-corrected chi connectivity index (χ1v) is 9.38. The molecular formula is C20H27N3O2. The number of rotatable bonds is 6. The average Bonchev–Trinajstić information content (AvgIpc) is 3.28. The van der Waals surface area contributed by atoms with Crippen molar-refractivity contribution in [2.45, 2.75) is 50.5 Å². The van der Waals surface area contributed by atoms with Crippen molar-refractivity contribution in [3.05, 3.63) is 54.1 Å². The molecule has 2 aromatic rings. The van der Waals surface area contributed by atoms with E-state index < -0.39 is 0 Å². The molecule has 134 valence electrons. The standard InChI is InChI=1S/C20H27N3O2/c1-2-4-17(5-3-1)16-23-13-12-22-19(23)8-11-21-18-6-9-20(10-7-18)24-14-15-25-20/h1-5,12-13,18,21H,6-11,14-16H2. The van der Waals surface area contributed by atoms with Crippen LogP contribution in [0, 0.1) is 0 Å². The zero-order chi connectivity index (χ0) is 17.0. The van der Waals surface area contributed by atoms with Gasteiger partial charge < -0.3 is 19.4 Å². The predicted octanol–water partition coefficient (Wildman–Crippen LogP) is 2.75. The maximum Gasteiger partial charge on any atom is 0.168 e. The quantitative estimate of drug-likeness (QED) is 0.878. The molecule has 0 atom stereocenters. The van der Waals surface area contributed by atoms with Crippen LogP contribution in [0.2, 0.25) is 0 Å². The molecule has 0 amide bonds. The molecule has 1 aromatic carbocycles. The second kappa shape index (κ2) is 7.68. The van der Waals surface area contributed by atoms with Crippen molar-refractivity contribution in [2.24, 2.45) is 0 Å². The van der Waals surface area contributed by atoms with Gasteiger partial charge in [0.1, 0.15) is 5.82 Å². The van der Waals surface area contributed by atoms with E-state index >= 15 is 0 Å². The third-order valence-electron chi connectivity index (χ3n) is 5.34. The van der Waals surface area contributed by atoms with E-state index in [4.69, 9.17) is 9.47 Å². The molecule has 25 heavy (non-hydrogen) atoms. The number of aromatic nitrogens is 2. The lowest BCUT2D eigenvalue weighted by Crippen LogP contribution is -2.42. The van der Waals surface area contributed by atoms with Crippen LogP contribution in [0.5, 0.6) is 0 Å². The number of nitrogens with zero attached hydrogens (tertiary/aromatic N) is 2. The fourth-order valence-electron chi connectivity index (χ4n) is 3.93. The minimum Gasteiger partial charge on any atom is -0.348 e. The Hall–Kier alpha value is -1.69. The lowest BCUT2D eigenvalue weighted by Gasteiger charge is -2.35. The van der Waals surface area contributed by atoms with E-state index in [9.17, 15) is 0 Å². The number of imidazole rings is 1. The maximum atomic E-state index is 5.80. The van der Waals surface area contributed by atoms with Crippen LogP contribution in [0.25, 0.3) is 0 Å². The lowest BCUT2D eigenvalue weighted by atomic mass is 9.90. The summed E-state index contributed by atoms with van der Waals surface area (Å²) in [4.78, 5) is 4.54. The van der Waals surface area contributed by atoms with Crippen LogP contribution in [0.15, 0.2) is 42.7 Å². The third kappa shape index (κ3) is 4.11. The first kappa shape index (κ1) is 16.8. The Kier molecular flexibility index (Phi) is 5.15. The van der Waals surface area contributed by atoms with E-state index in [1.54, 1.807) is 0 Å². The van der Waals surface area contributed by atoms with Gasteiger partial charge in [0.25, 0.3) is 0 Å². The van der Waals surface area contributed by atoms with E-state index in [0.29, 0.717) is 6.04 Å². The lowest BCUT2D eigenvalue weighted by molar-refractivity contribution is -0.179. The summed E-state index contributed by atoms with van der Waals surface area (Å²) in [6.45, 7) is 3.35. The van der Waals surface area contributed by atoms with Crippen molar-refractivity contribution in [1.82, 2.24) is 14.9 Å². The highest BCUT2D eigenvalue weighted by Gasteiger charge is 2.40. The van der Waals surface area contributed by atoms with Gasteiger partial charge in [0.2, 0.25) is 0 Å². The van der Waals surface area contributed by atoms with Gasteiger partial charge in [0.05, 0.1) is 13.2 Å². The largest absolute Gasteiger partial charge is 0.348 e. The maximum absolute atomic E-state index is 5.80. The highest BCUT2D eigenvalue weighted by Crippen LogP contribution is 2.35. The van der Waals surface area contributed by atoms with Crippen molar-refractivity contribution < 1.29 is 9.47 Å². The van der Waals surface area contributed by atoms with E-state index in [-0.39, 0.29) is 5.79 Å². The number of benzene rings is 1. The van der Waals surface area contributed by atoms with Crippen molar-refractivity contribution in [3.8, 4) is 0 Å². The fourth-order valence-corrected chi connectivity index (χ4v) is 3.93. The number of ether oxygens (including phenoxy) is 2. The Morgan fingerprint density at radius 2 is 1.88 bits per heavy atom. The summed E-state index contributed by atoms with van der Waals surface area (Å²) >= 11 is 0. The van der Waals surface area contributed by atoms with E-state index in [1.807, 2.05) is 6.20 Å². The first-order valence-electron chi connectivity index (χ1n) is 9.38. The van der Waals surface area contributed by atoms with E-state index in [2.05, 4.69) is 51.4 Å². The van der Waals surface area contributed by atoms with Gasteiger partial charge in [0, 0.05) is 50.8 Å². The molecule has 1 aliphatic carbocycles. The van der Waals surface area contributed by atoms with Gasteiger partial charge in [-0.25, -0.2) is 4.98 Å². The van der Waals surface area contributed by atoms with Crippen LogP contribution in [-0.4, -0.2) is 41.1 Å². The molecule has 0 bridgehead atoms. The minimum absolute atomic E-state index is 0.260.